The Hall–Kier alpha value is -2.12. The molecule has 1 aromatic heterocycles. The minimum absolute atomic E-state index is 0.0951. The van der Waals surface area contributed by atoms with Crippen molar-refractivity contribution < 1.29 is 14.0 Å². The highest BCUT2D eigenvalue weighted by molar-refractivity contribution is 6.35. The summed E-state index contributed by atoms with van der Waals surface area (Å²) in [6.07, 6.45) is 2.52. The van der Waals surface area contributed by atoms with Crippen molar-refractivity contribution >= 4 is 35.0 Å². The average molecular weight is 397 g/mol. The summed E-state index contributed by atoms with van der Waals surface area (Å²) >= 11 is 12.0. The van der Waals surface area contributed by atoms with Gasteiger partial charge in [-0.15, -0.1) is 10.2 Å². The van der Waals surface area contributed by atoms with Crippen LogP contribution in [0.4, 0.5) is 0 Å². The van der Waals surface area contributed by atoms with Crippen LogP contribution in [-0.4, -0.2) is 46.5 Å². The van der Waals surface area contributed by atoms with Crippen molar-refractivity contribution in [2.24, 2.45) is 0 Å². The topological polar surface area (TPSA) is 88.3 Å². The minimum Gasteiger partial charge on any atom is -0.417 e. The number of amides is 2. The van der Waals surface area contributed by atoms with E-state index in [4.69, 9.17) is 27.6 Å². The summed E-state index contributed by atoms with van der Waals surface area (Å²) in [5.74, 6) is -0.0539. The van der Waals surface area contributed by atoms with Crippen LogP contribution in [0, 0.1) is 0 Å². The molecule has 1 aromatic carbocycles. The monoisotopic (exact) mass is 396 g/mol. The van der Waals surface area contributed by atoms with Gasteiger partial charge in [0.1, 0.15) is 0 Å². The van der Waals surface area contributed by atoms with E-state index in [1.54, 1.807) is 18.2 Å². The number of halogens is 2. The van der Waals surface area contributed by atoms with Gasteiger partial charge in [0.15, 0.2) is 0 Å². The minimum atomic E-state index is -0.432. The number of aromatic nitrogens is 2. The van der Waals surface area contributed by atoms with E-state index in [0.717, 1.165) is 18.5 Å². The Morgan fingerprint density at radius 1 is 1.31 bits per heavy atom. The van der Waals surface area contributed by atoms with Gasteiger partial charge in [-0.25, -0.2) is 0 Å². The van der Waals surface area contributed by atoms with Crippen LogP contribution < -0.4 is 5.32 Å². The quantitative estimate of drug-likeness (QED) is 0.726. The number of hydrogen-bond acceptors (Lipinski definition) is 5. The second-order valence-electron chi connectivity index (χ2n) is 6.01. The molecule has 2 amide bonds. The molecule has 1 aliphatic rings. The molecule has 0 aliphatic carbocycles. The Kier molecular flexibility index (Phi) is 6.11. The fraction of sp³-hybridized carbons (Fsp3) is 0.412. The van der Waals surface area contributed by atoms with Crippen LogP contribution in [-0.2, 0) is 11.2 Å². The fourth-order valence-electron chi connectivity index (χ4n) is 2.73. The highest BCUT2D eigenvalue weighted by Gasteiger charge is 2.20. The maximum absolute atomic E-state index is 12.1. The molecule has 9 heteroatoms. The van der Waals surface area contributed by atoms with Gasteiger partial charge in [-0.2, -0.15) is 0 Å². The third-order valence-electron chi connectivity index (χ3n) is 4.08. The molecule has 0 radical (unpaired) electrons. The lowest BCUT2D eigenvalue weighted by molar-refractivity contribution is -0.127. The Labute approximate surface area is 160 Å². The number of hydrogen-bond donors (Lipinski definition) is 1. The molecule has 0 unspecified atom stereocenters. The Balaban J connectivity index is 1.47. The van der Waals surface area contributed by atoms with Crippen molar-refractivity contribution in [3.05, 3.63) is 45.6 Å². The van der Waals surface area contributed by atoms with E-state index in [1.165, 1.54) is 0 Å². The lowest BCUT2D eigenvalue weighted by Gasteiger charge is -2.14. The number of likely N-dealkylation sites (tertiary alicyclic amines) is 1. The summed E-state index contributed by atoms with van der Waals surface area (Å²) in [6.45, 7) is 1.87. The van der Waals surface area contributed by atoms with Gasteiger partial charge in [-0.1, -0.05) is 29.3 Å². The zero-order chi connectivity index (χ0) is 18.5. The molecule has 1 aliphatic heterocycles. The van der Waals surface area contributed by atoms with Gasteiger partial charge in [0, 0.05) is 36.1 Å². The second-order valence-corrected chi connectivity index (χ2v) is 6.85. The largest absolute Gasteiger partial charge is 0.417 e. The van der Waals surface area contributed by atoms with E-state index < -0.39 is 5.91 Å². The van der Waals surface area contributed by atoms with Gasteiger partial charge < -0.3 is 14.6 Å². The van der Waals surface area contributed by atoms with Gasteiger partial charge in [0.05, 0.1) is 6.42 Å². The van der Waals surface area contributed by atoms with Gasteiger partial charge in [-0.05, 0) is 30.5 Å². The highest BCUT2D eigenvalue weighted by Crippen LogP contribution is 2.23. The number of carbonyl (C=O) groups is 2. The van der Waals surface area contributed by atoms with Crippen molar-refractivity contribution in [2.75, 3.05) is 19.6 Å². The molecule has 2 aromatic rings. The molecular formula is C17H18Cl2N4O3. The zero-order valence-corrected chi connectivity index (χ0v) is 15.5. The number of rotatable bonds is 7. The molecule has 2 heterocycles. The van der Waals surface area contributed by atoms with Crippen molar-refractivity contribution in [1.29, 1.82) is 0 Å². The predicted molar refractivity (Wildman–Crippen MR) is 96.3 cm³/mol. The highest BCUT2D eigenvalue weighted by atomic mass is 35.5. The third-order valence-corrected chi connectivity index (χ3v) is 4.67. The summed E-state index contributed by atoms with van der Waals surface area (Å²) in [4.78, 5) is 25.4. The fourth-order valence-corrected chi connectivity index (χ4v) is 3.21. The predicted octanol–water partition coefficient (Wildman–Crippen LogP) is 2.71. The molecule has 0 atom stereocenters. The molecule has 0 spiro atoms. The zero-order valence-electron chi connectivity index (χ0n) is 14.0. The van der Waals surface area contributed by atoms with Crippen molar-refractivity contribution in [3.8, 4) is 0 Å². The summed E-state index contributed by atoms with van der Waals surface area (Å²) in [6, 6.07) is 5.12. The smallest absolute Gasteiger partial charge is 0.308 e. The van der Waals surface area contributed by atoms with Crippen LogP contribution in [0.2, 0.25) is 10.0 Å². The molecule has 1 saturated heterocycles. The van der Waals surface area contributed by atoms with Crippen molar-refractivity contribution in [2.45, 2.75) is 25.7 Å². The van der Waals surface area contributed by atoms with Crippen LogP contribution in [0.25, 0.3) is 0 Å². The van der Waals surface area contributed by atoms with E-state index in [-0.39, 0.29) is 11.8 Å². The van der Waals surface area contributed by atoms with Gasteiger partial charge in [0.25, 0.3) is 0 Å². The maximum Gasteiger partial charge on any atom is 0.308 e. The van der Waals surface area contributed by atoms with Gasteiger partial charge in [0.2, 0.25) is 11.8 Å². The molecule has 1 N–H and O–H groups in total. The number of nitrogens with one attached hydrogen (secondary N) is 1. The van der Waals surface area contributed by atoms with Crippen LogP contribution in [0.1, 0.15) is 41.4 Å². The number of carbonyl (C=O) groups excluding carboxylic acids is 2. The lowest BCUT2D eigenvalue weighted by Crippen LogP contribution is -2.30. The standard InChI is InChI=1S/C17H18Cl2N4O3/c18-12-5-4-11(13(19)10-12)9-14-21-22-17(26-14)16(25)20-6-2-8-23-7-1-3-15(23)24/h4-5,10H,1-3,6-9H2,(H,20,25). The summed E-state index contributed by atoms with van der Waals surface area (Å²) < 4.78 is 5.39. The van der Waals surface area contributed by atoms with Gasteiger partial charge in [-0.3, -0.25) is 9.59 Å². The van der Waals surface area contributed by atoms with E-state index in [0.29, 0.717) is 48.3 Å². The second kappa shape index (κ2) is 8.51. The maximum atomic E-state index is 12.1. The first kappa shape index (κ1) is 18.7. The molecule has 0 saturated carbocycles. The molecule has 0 bridgehead atoms. The Morgan fingerprint density at radius 2 is 2.15 bits per heavy atom. The average Bonchev–Trinajstić information content (AvgIpc) is 3.23. The van der Waals surface area contributed by atoms with Crippen molar-refractivity contribution in [3.63, 3.8) is 0 Å². The molecular weight excluding hydrogens is 379 g/mol. The van der Waals surface area contributed by atoms with E-state index in [1.807, 2.05) is 4.90 Å². The van der Waals surface area contributed by atoms with E-state index in [9.17, 15) is 9.59 Å². The Bertz CT molecular complexity index is 809. The molecule has 3 rings (SSSR count). The SMILES string of the molecule is O=C(NCCCN1CCCC1=O)c1nnc(Cc2ccc(Cl)cc2Cl)o1. The van der Waals surface area contributed by atoms with Crippen LogP contribution in [0.5, 0.6) is 0 Å². The molecule has 26 heavy (non-hydrogen) atoms. The molecule has 138 valence electrons. The van der Waals surface area contributed by atoms with Crippen LogP contribution >= 0.6 is 23.2 Å². The molecule has 1 fully saturated rings. The summed E-state index contributed by atoms with van der Waals surface area (Å²) in [5, 5.41) is 11.4. The normalized spacial score (nSPS) is 14.1. The lowest BCUT2D eigenvalue weighted by atomic mass is 10.1. The van der Waals surface area contributed by atoms with E-state index in [2.05, 4.69) is 15.5 Å². The first-order valence-electron chi connectivity index (χ1n) is 8.35. The summed E-state index contributed by atoms with van der Waals surface area (Å²) in [7, 11) is 0. The van der Waals surface area contributed by atoms with Crippen molar-refractivity contribution in [1.82, 2.24) is 20.4 Å². The number of nitrogens with zero attached hydrogens (tertiary/aromatic N) is 3. The number of benzene rings is 1. The summed E-state index contributed by atoms with van der Waals surface area (Å²) in [5.41, 5.74) is 0.780. The first-order valence-corrected chi connectivity index (χ1v) is 9.11. The van der Waals surface area contributed by atoms with E-state index >= 15 is 0 Å². The first-order chi connectivity index (χ1) is 12.5. The van der Waals surface area contributed by atoms with Gasteiger partial charge >= 0.3 is 11.8 Å². The van der Waals surface area contributed by atoms with Crippen LogP contribution in [0.15, 0.2) is 22.6 Å². The Morgan fingerprint density at radius 3 is 2.88 bits per heavy atom. The third kappa shape index (κ3) is 4.74. The van der Waals surface area contributed by atoms with Crippen LogP contribution in [0.3, 0.4) is 0 Å². The molecule has 7 nitrogen and oxygen atoms in total.